The van der Waals surface area contributed by atoms with E-state index in [0.717, 1.165) is 29.7 Å². The minimum atomic E-state index is 0.0848. The van der Waals surface area contributed by atoms with E-state index in [1.807, 2.05) is 24.8 Å². The number of aromatic nitrogens is 4. The zero-order chi connectivity index (χ0) is 18.4. The zero-order valence-corrected chi connectivity index (χ0v) is 16.5. The smallest absolute Gasteiger partial charge is 0.223 e. The van der Waals surface area contributed by atoms with Crippen molar-refractivity contribution >= 4 is 34.5 Å². The second-order valence-corrected chi connectivity index (χ2v) is 7.04. The largest absolute Gasteiger partial charge is 0.367 e. The monoisotopic (exact) mass is 364 g/mol. The van der Waals surface area contributed by atoms with Gasteiger partial charge in [0.15, 0.2) is 10.8 Å². The molecule has 25 heavy (non-hydrogen) atoms. The minimum Gasteiger partial charge on any atom is -0.367 e. The van der Waals surface area contributed by atoms with Crippen LogP contribution in [0.25, 0.3) is 11.0 Å². The Morgan fingerprint density at radius 1 is 1.28 bits per heavy atom. The van der Waals surface area contributed by atoms with Crippen LogP contribution in [0.15, 0.2) is 11.4 Å². The number of carbonyl (C=O) groups excluding carboxylic acids is 1. The summed E-state index contributed by atoms with van der Waals surface area (Å²) < 4.78 is 1.83. The lowest BCUT2D eigenvalue weighted by molar-refractivity contribution is -0.125. The Bertz CT molecular complexity index is 710. The van der Waals surface area contributed by atoms with Gasteiger partial charge in [-0.05, 0) is 32.9 Å². The number of amides is 1. The highest BCUT2D eigenvalue weighted by molar-refractivity contribution is 7.98. The first-order valence-electron chi connectivity index (χ1n) is 8.81. The average Bonchev–Trinajstić information content (AvgIpc) is 2.98. The number of fused-ring (bicyclic) bond motifs is 1. The van der Waals surface area contributed by atoms with Crippen molar-refractivity contribution in [1.29, 1.82) is 0 Å². The van der Waals surface area contributed by atoms with Crippen LogP contribution in [0.1, 0.15) is 40.5 Å². The van der Waals surface area contributed by atoms with E-state index < -0.39 is 0 Å². The molecule has 0 saturated carbocycles. The highest BCUT2D eigenvalue weighted by Crippen LogP contribution is 2.23. The third-order valence-electron chi connectivity index (χ3n) is 4.06. The van der Waals surface area contributed by atoms with E-state index in [-0.39, 0.29) is 17.9 Å². The summed E-state index contributed by atoms with van der Waals surface area (Å²) in [6.07, 6.45) is 5.47. The van der Waals surface area contributed by atoms with Gasteiger partial charge in [-0.25, -0.2) is 14.6 Å². The van der Waals surface area contributed by atoms with Crippen LogP contribution in [0, 0.1) is 5.92 Å². The van der Waals surface area contributed by atoms with E-state index in [9.17, 15) is 4.79 Å². The summed E-state index contributed by atoms with van der Waals surface area (Å²) in [6.45, 7) is 9.35. The molecule has 2 N–H and O–H groups in total. The van der Waals surface area contributed by atoms with Crippen LogP contribution in [-0.2, 0) is 11.3 Å². The lowest BCUT2D eigenvalue weighted by Crippen LogP contribution is -2.32. The van der Waals surface area contributed by atoms with Crippen molar-refractivity contribution in [1.82, 2.24) is 25.1 Å². The summed E-state index contributed by atoms with van der Waals surface area (Å²) >= 11 is 1.50. The number of hydrogen-bond acceptors (Lipinski definition) is 6. The Hall–Kier alpha value is -1.83. The molecule has 7 nitrogen and oxygen atoms in total. The molecule has 0 aromatic carbocycles. The molecule has 2 rings (SSSR count). The van der Waals surface area contributed by atoms with Crippen molar-refractivity contribution in [3.05, 3.63) is 6.20 Å². The highest BCUT2D eigenvalue weighted by atomic mass is 32.2. The number of nitrogens with zero attached hydrogens (tertiary/aromatic N) is 4. The molecule has 2 heterocycles. The van der Waals surface area contributed by atoms with Crippen molar-refractivity contribution in [2.45, 2.75) is 58.3 Å². The lowest BCUT2D eigenvalue weighted by Gasteiger charge is -2.13. The van der Waals surface area contributed by atoms with Crippen molar-refractivity contribution in [3.63, 3.8) is 0 Å². The van der Waals surface area contributed by atoms with Gasteiger partial charge in [0.2, 0.25) is 5.91 Å². The third-order valence-corrected chi connectivity index (χ3v) is 4.61. The number of nitrogens with one attached hydrogen (secondary N) is 2. The first-order valence-corrected chi connectivity index (χ1v) is 10.0. The summed E-state index contributed by atoms with van der Waals surface area (Å²) in [5.41, 5.74) is 0.791. The molecule has 0 saturated heterocycles. The van der Waals surface area contributed by atoms with E-state index in [0.29, 0.717) is 18.2 Å². The third kappa shape index (κ3) is 4.84. The SMILES string of the molecule is CCC(CC)C(=O)NCCn1ncc2c(NC(C)C)nc(SC)nc21. The normalized spacial score (nSPS) is 11.5. The van der Waals surface area contributed by atoms with E-state index >= 15 is 0 Å². The predicted octanol–water partition coefficient (Wildman–Crippen LogP) is 2.92. The average molecular weight is 365 g/mol. The molecule has 1 amide bonds. The Balaban J connectivity index is 2.15. The van der Waals surface area contributed by atoms with E-state index in [2.05, 4.69) is 39.5 Å². The Morgan fingerprint density at radius 2 is 2.00 bits per heavy atom. The van der Waals surface area contributed by atoms with Crippen LogP contribution in [0.3, 0.4) is 0 Å². The maximum atomic E-state index is 12.1. The number of thioether (sulfide) groups is 1. The van der Waals surface area contributed by atoms with Gasteiger partial charge in [-0.15, -0.1) is 0 Å². The summed E-state index contributed by atoms with van der Waals surface area (Å²) in [4.78, 5) is 21.2. The summed E-state index contributed by atoms with van der Waals surface area (Å²) in [6, 6.07) is 0.274. The van der Waals surface area contributed by atoms with Crippen molar-refractivity contribution in [2.75, 3.05) is 18.1 Å². The first-order chi connectivity index (χ1) is 12.0. The van der Waals surface area contributed by atoms with Gasteiger partial charge < -0.3 is 10.6 Å². The molecule has 0 aliphatic carbocycles. The second-order valence-electron chi connectivity index (χ2n) is 6.27. The minimum absolute atomic E-state index is 0.0848. The number of carbonyl (C=O) groups is 1. The number of rotatable bonds is 9. The molecule has 0 aliphatic rings. The summed E-state index contributed by atoms with van der Waals surface area (Å²) in [7, 11) is 0. The standard InChI is InChI=1S/C17H28N6OS/c1-6-12(7-2)16(24)18-8-9-23-15-13(10-19-23)14(20-11(3)4)21-17(22-15)25-5/h10-12H,6-9H2,1-5H3,(H,18,24)(H,20,21,22). The molecule has 0 aliphatic heterocycles. The van der Waals surface area contributed by atoms with Gasteiger partial charge in [-0.2, -0.15) is 5.10 Å². The fourth-order valence-corrected chi connectivity index (χ4v) is 3.02. The molecule has 138 valence electrons. The molecule has 0 spiro atoms. The van der Waals surface area contributed by atoms with Gasteiger partial charge in [-0.3, -0.25) is 4.79 Å². The van der Waals surface area contributed by atoms with Gasteiger partial charge in [0, 0.05) is 18.5 Å². The van der Waals surface area contributed by atoms with Gasteiger partial charge in [-0.1, -0.05) is 25.6 Å². The first kappa shape index (κ1) is 19.5. The van der Waals surface area contributed by atoms with Crippen LogP contribution in [0.4, 0.5) is 5.82 Å². The highest BCUT2D eigenvalue weighted by Gasteiger charge is 2.15. The second kappa shape index (κ2) is 9.03. The number of anilines is 1. The van der Waals surface area contributed by atoms with Crippen molar-refractivity contribution in [2.24, 2.45) is 5.92 Å². The van der Waals surface area contributed by atoms with Gasteiger partial charge in [0.1, 0.15) is 5.82 Å². The van der Waals surface area contributed by atoms with Crippen LogP contribution in [-0.4, -0.2) is 44.5 Å². The predicted molar refractivity (Wildman–Crippen MR) is 103 cm³/mol. The fourth-order valence-electron chi connectivity index (χ4n) is 2.66. The molecular formula is C17H28N6OS. The Kier molecular flexibility index (Phi) is 7.04. The van der Waals surface area contributed by atoms with E-state index in [1.54, 1.807) is 6.20 Å². The Morgan fingerprint density at radius 3 is 2.60 bits per heavy atom. The maximum absolute atomic E-state index is 12.1. The molecule has 0 bridgehead atoms. The van der Waals surface area contributed by atoms with Gasteiger partial charge >= 0.3 is 0 Å². The number of hydrogen-bond donors (Lipinski definition) is 2. The van der Waals surface area contributed by atoms with Gasteiger partial charge in [0.25, 0.3) is 0 Å². The molecule has 0 unspecified atom stereocenters. The fraction of sp³-hybridized carbons (Fsp3) is 0.647. The molecular weight excluding hydrogens is 336 g/mol. The molecule has 0 fully saturated rings. The van der Waals surface area contributed by atoms with Crippen molar-refractivity contribution < 1.29 is 4.79 Å². The maximum Gasteiger partial charge on any atom is 0.223 e. The van der Waals surface area contributed by atoms with Crippen LogP contribution < -0.4 is 10.6 Å². The summed E-state index contributed by atoms with van der Waals surface area (Å²) in [5, 5.41) is 12.4. The van der Waals surface area contributed by atoms with Crippen molar-refractivity contribution in [3.8, 4) is 0 Å². The summed E-state index contributed by atoms with van der Waals surface area (Å²) in [5.74, 6) is 1.00. The van der Waals surface area contributed by atoms with E-state index in [4.69, 9.17) is 0 Å². The molecule has 0 radical (unpaired) electrons. The van der Waals surface area contributed by atoms with Gasteiger partial charge in [0.05, 0.1) is 18.1 Å². The van der Waals surface area contributed by atoms with E-state index in [1.165, 1.54) is 11.8 Å². The molecule has 2 aromatic heterocycles. The van der Waals surface area contributed by atoms with Crippen LogP contribution in [0.5, 0.6) is 0 Å². The van der Waals surface area contributed by atoms with Crippen LogP contribution >= 0.6 is 11.8 Å². The quantitative estimate of drug-likeness (QED) is 0.526. The topological polar surface area (TPSA) is 84.7 Å². The molecule has 8 heteroatoms. The van der Waals surface area contributed by atoms with Crippen LogP contribution in [0.2, 0.25) is 0 Å². The zero-order valence-electron chi connectivity index (χ0n) is 15.7. The lowest BCUT2D eigenvalue weighted by atomic mass is 10.0. The Labute approximate surface area is 153 Å². The molecule has 2 aromatic rings. The molecule has 0 atom stereocenters.